The Morgan fingerprint density at radius 1 is 1.36 bits per heavy atom. The van der Waals surface area contributed by atoms with Gasteiger partial charge in [0.05, 0.1) is 0 Å². The quantitative estimate of drug-likeness (QED) is 0.787. The third-order valence-corrected chi connectivity index (χ3v) is 2.15. The van der Waals surface area contributed by atoms with E-state index in [0.717, 1.165) is 0 Å². The number of rotatable bonds is 3. The predicted octanol–water partition coefficient (Wildman–Crippen LogP) is 2.61. The zero-order valence-electron chi connectivity index (χ0n) is 8.08. The van der Waals surface area contributed by atoms with Crippen LogP contribution in [0.2, 0.25) is 0 Å². The Bertz CT molecular complexity index is 290. The van der Waals surface area contributed by atoms with Crippen LogP contribution in [-0.4, -0.2) is 5.91 Å². The lowest BCUT2D eigenvalue weighted by Crippen LogP contribution is -2.13. The first-order valence-electron chi connectivity index (χ1n) is 4.44. The van der Waals surface area contributed by atoms with Crippen LogP contribution in [0, 0.1) is 6.92 Å². The normalized spacial score (nSPS) is 11.6. The fourth-order valence-electron chi connectivity index (χ4n) is 1.31. The number of hydrogen-bond donors (Lipinski definition) is 1. The fraction of sp³-hybridized carbons (Fsp3) is 0.417. The van der Waals surface area contributed by atoms with E-state index in [9.17, 15) is 4.79 Å². The molecule has 0 bridgehead atoms. The Morgan fingerprint density at radius 2 is 1.86 bits per heavy atom. The number of carbonyl (C=O) groups is 1. The molecule has 0 saturated heterocycles. The van der Waals surface area contributed by atoms with Gasteiger partial charge in [0.15, 0.2) is 0 Å². The van der Waals surface area contributed by atoms with Gasteiger partial charge in [0.2, 0.25) is 5.91 Å². The van der Waals surface area contributed by atoms with Crippen LogP contribution in [0.15, 0.2) is 24.3 Å². The molecule has 1 aromatic carbocycles. The predicted molar refractivity (Wildman–Crippen MR) is 60.1 cm³/mol. The van der Waals surface area contributed by atoms with Gasteiger partial charge in [-0.15, -0.1) is 0 Å². The fourth-order valence-corrected chi connectivity index (χ4v) is 1.31. The monoisotopic (exact) mass is 193 g/mol. The van der Waals surface area contributed by atoms with Crippen LogP contribution in [0.4, 0.5) is 0 Å². The minimum atomic E-state index is -0.243. The molecule has 14 heavy (non-hydrogen) atoms. The summed E-state index contributed by atoms with van der Waals surface area (Å²) in [6, 6.07) is 8.19. The van der Waals surface area contributed by atoms with Gasteiger partial charge in [-0.25, -0.2) is 0 Å². The van der Waals surface area contributed by atoms with Gasteiger partial charge in [0.1, 0.15) is 0 Å². The number of hydrogen-bond acceptors (Lipinski definition) is 1. The Labute approximate surface area is 86.1 Å². The van der Waals surface area contributed by atoms with Crippen LogP contribution in [0.5, 0.6) is 0 Å². The maximum absolute atomic E-state index is 10.7. The van der Waals surface area contributed by atoms with Crippen molar-refractivity contribution in [2.75, 3.05) is 0 Å². The van der Waals surface area contributed by atoms with Crippen LogP contribution >= 0.6 is 0 Å². The summed E-state index contributed by atoms with van der Waals surface area (Å²) in [4.78, 5) is 10.7. The third-order valence-electron chi connectivity index (χ3n) is 2.15. The van der Waals surface area contributed by atoms with Crippen LogP contribution in [0.25, 0.3) is 0 Å². The van der Waals surface area contributed by atoms with E-state index in [0.29, 0.717) is 6.42 Å². The maximum atomic E-state index is 10.7. The molecule has 0 radical (unpaired) electrons. The summed E-state index contributed by atoms with van der Waals surface area (Å²) < 4.78 is 0. The standard InChI is InChI=1S/C11H15NO.CH4/c1-8-3-5-10(6-4-8)9(2)7-11(12)13;/h3-6,9H,7H2,1-2H3,(H2,12,13);1H4/t9-;/m1./s1. The smallest absolute Gasteiger partial charge is 0.218 e. The van der Waals surface area contributed by atoms with Crippen molar-refractivity contribution in [2.45, 2.75) is 33.6 Å². The highest BCUT2D eigenvalue weighted by atomic mass is 16.1. The Hall–Kier alpha value is -1.31. The van der Waals surface area contributed by atoms with E-state index >= 15 is 0 Å². The molecule has 1 aromatic rings. The average Bonchev–Trinajstić information content (AvgIpc) is 2.04. The molecule has 78 valence electrons. The highest BCUT2D eigenvalue weighted by Crippen LogP contribution is 2.18. The lowest BCUT2D eigenvalue weighted by Gasteiger charge is -2.09. The molecule has 1 atom stereocenters. The molecule has 0 aromatic heterocycles. The van der Waals surface area contributed by atoms with Gasteiger partial charge in [-0.2, -0.15) is 0 Å². The summed E-state index contributed by atoms with van der Waals surface area (Å²) in [7, 11) is 0. The molecule has 0 aliphatic heterocycles. The van der Waals surface area contributed by atoms with Crippen molar-refractivity contribution in [2.24, 2.45) is 5.73 Å². The number of benzene rings is 1. The number of aryl methyl sites for hydroxylation is 1. The highest BCUT2D eigenvalue weighted by Gasteiger charge is 2.07. The van der Waals surface area contributed by atoms with E-state index in [1.807, 2.05) is 38.1 Å². The third kappa shape index (κ3) is 3.60. The molecule has 0 unspecified atom stereocenters. The molecule has 0 heterocycles. The van der Waals surface area contributed by atoms with Gasteiger partial charge in [0, 0.05) is 6.42 Å². The Balaban J connectivity index is 0.00000169. The molecule has 0 aliphatic rings. The molecule has 0 fully saturated rings. The van der Waals surface area contributed by atoms with Gasteiger partial charge in [-0.3, -0.25) is 4.79 Å². The van der Waals surface area contributed by atoms with Gasteiger partial charge in [0.25, 0.3) is 0 Å². The summed E-state index contributed by atoms with van der Waals surface area (Å²) in [5, 5.41) is 0. The molecular formula is C12H19NO. The second kappa shape index (κ2) is 5.43. The largest absolute Gasteiger partial charge is 0.370 e. The summed E-state index contributed by atoms with van der Waals surface area (Å²) in [5.74, 6) is -0.0221. The lowest BCUT2D eigenvalue weighted by atomic mass is 9.97. The Kier molecular flexibility index (Phi) is 4.92. The van der Waals surface area contributed by atoms with E-state index in [4.69, 9.17) is 5.73 Å². The minimum absolute atomic E-state index is 0. The number of nitrogens with two attached hydrogens (primary N) is 1. The number of primary amides is 1. The molecule has 1 rings (SSSR count). The van der Waals surface area contributed by atoms with Crippen LogP contribution in [-0.2, 0) is 4.79 Å². The van der Waals surface area contributed by atoms with Crippen molar-refractivity contribution in [1.29, 1.82) is 0 Å². The van der Waals surface area contributed by atoms with Crippen molar-refractivity contribution in [3.8, 4) is 0 Å². The van der Waals surface area contributed by atoms with Crippen LogP contribution in [0.1, 0.15) is 37.8 Å². The zero-order chi connectivity index (χ0) is 9.84. The maximum Gasteiger partial charge on any atom is 0.218 e. The van der Waals surface area contributed by atoms with E-state index in [1.165, 1.54) is 11.1 Å². The molecule has 0 spiro atoms. The number of amides is 1. The van der Waals surface area contributed by atoms with Crippen molar-refractivity contribution in [3.63, 3.8) is 0 Å². The summed E-state index contributed by atoms with van der Waals surface area (Å²) >= 11 is 0. The van der Waals surface area contributed by atoms with Gasteiger partial charge >= 0.3 is 0 Å². The molecule has 0 saturated carbocycles. The van der Waals surface area contributed by atoms with Gasteiger partial charge in [-0.05, 0) is 18.4 Å². The van der Waals surface area contributed by atoms with Crippen molar-refractivity contribution < 1.29 is 4.79 Å². The summed E-state index contributed by atoms with van der Waals surface area (Å²) in [6.45, 7) is 4.05. The zero-order valence-corrected chi connectivity index (χ0v) is 8.08. The molecule has 1 amide bonds. The summed E-state index contributed by atoms with van der Waals surface area (Å²) in [6.07, 6.45) is 0.420. The lowest BCUT2D eigenvalue weighted by molar-refractivity contribution is -0.118. The van der Waals surface area contributed by atoms with Gasteiger partial charge in [-0.1, -0.05) is 44.2 Å². The SMILES string of the molecule is C.Cc1ccc([C@H](C)CC(N)=O)cc1. The van der Waals surface area contributed by atoms with Crippen molar-refractivity contribution in [1.82, 2.24) is 0 Å². The van der Waals surface area contributed by atoms with E-state index < -0.39 is 0 Å². The minimum Gasteiger partial charge on any atom is -0.370 e. The average molecular weight is 193 g/mol. The van der Waals surface area contributed by atoms with E-state index in [1.54, 1.807) is 0 Å². The van der Waals surface area contributed by atoms with Crippen LogP contribution < -0.4 is 5.73 Å². The van der Waals surface area contributed by atoms with Crippen molar-refractivity contribution in [3.05, 3.63) is 35.4 Å². The second-order valence-electron chi connectivity index (χ2n) is 3.48. The topological polar surface area (TPSA) is 43.1 Å². The first-order chi connectivity index (χ1) is 6.09. The molecule has 2 heteroatoms. The second-order valence-corrected chi connectivity index (χ2v) is 3.48. The van der Waals surface area contributed by atoms with Gasteiger partial charge < -0.3 is 5.73 Å². The Morgan fingerprint density at radius 3 is 2.29 bits per heavy atom. The van der Waals surface area contributed by atoms with Crippen molar-refractivity contribution >= 4 is 5.91 Å². The molecule has 0 aliphatic carbocycles. The number of carbonyl (C=O) groups excluding carboxylic acids is 1. The molecule has 2 nitrogen and oxygen atoms in total. The van der Waals surface area contributed by atoms with Crippen LogP contribution in [0.3, 0.4) is 0 Å². The summed E-state index contributed by atoms with van der Waals surface area (Å²) in [5.41, 5.74) is 7.52. The first-order valence-corrected chi connectivity index (χ1v) is 4.44. The first kappa shape index (κ1) is 12.7. The highest BCUT2D eigenvalue weighted by molar-refractivity contribution is 5.74. The van der Waals surface area contributed by atoms with E-state index in [-0.39, 0.29) is 19.3 Å². The molecular weight excluding hydrogens is 174 g/mol. The van der Waals surface area contributed by atoms with E-state index in [2.05, 4.69) is 0 Å². The molecule has 2 N–H and O–H groups in total.